The smallest absolute Gasteiger partial charge is 0.345 e. The molecule has 0 N–H and O–H groups in total. The first-order valence-corrected chi connectivity index (χ1v) is 8.49. The summed E-state index contributed by atoms with van der Waals surface area (Å²) in [7, 11) is 0. The zero-order valence-electron chi connectivity index (χ0n) is 14.9. The van der Waals surface area contributed by atoms with Gasteiger partial charge in [-0.2, -0.15) is 0 Å². The molecule has 1 heterocycles. The highest BCUT2D eigenvalue weighted by Gasteiger charge is 2.20. The molecule has 0 aliphatic carbocycles. The Hall–Kier alpha value is -3.14. The summed E-state index contributed by atoms with van der Waals surface area (Å²) in [6.07, 6.45) is 1.12. The van der Waals surface area contributed by atoms with Crippen LogP contribution in [-0.4, -0.2) is 17.6 Å². The van der Waals surface area contributed by atoms with Gasteiger partial charge in [-0.1, -0.05) is 42.5 Å². The van der Waals surface area contributed by atoms with Crippen LogP contribution >= 0.6 is 0 Å². The fourth-order valence-corrected chi connectivity index (χ4v) is 2.57. The Morgan fingerprint density at radius 3 is 2.42 bits per heavy atom. The predicted octanol–water partition coefficient (Wildman–Crippen LogP) is 4.41. The Morgan fingerprint density at radius 2 is 1.73 bits per heavy atom. The molecule has 1 aromatic heterocycles. The van der Waals surface area contributed by atoms with Crippen molar-refractivity contribution in [3.63, 3.8) is 0 Å². The Kier molecular flexibility index (Phi) is 5.64. The van der Waals surface area contributed by atoms with Gasteiger partial charge in [0.25, 0.3) is 0 Å². The third kappa shape index (κ3) is 4.48. The molecule has 3 rings (SSSR count). The van der Waals surface area contributed by atoms with Gasteiger partial charge < -0.3 is 9.47 Å². The molecule has 0 saturated heterocycles. The van der Waals surface area contributed by atoms with Crippen LogP contribution in [0.3, 0.4) is 0 Å². The Balaban J connectivity index is 1.70. The molecule has 0 aliphatic heterocycles. The van der Waals surface area contributed by atoms with E-state index in [-0.39, 0.29) is 6.61 Å². The molecule has 3 aromatic rings. The minimum Gasteiger partial charge on any atom is -0.482 e. The highest BCUT2D eigenvalue weighted by molar-refractivity contribution is 5.71. The van der Waals surface area contributed by atoms with Crippen LogP contribution in [0.2, 0.25) is 0 Å². The second-order valence-corrected chi connectivity index (χ2v) is 6.07. The van der Waals surface area contributed by atoms with Crippen molar-refractivity contribution in [1.29, 1.82) is 0 Å². The normalized spacial score (nSPS) is 11.6. The molecule has 0 amide bonds. The molecule has 26 heavy (non-hydrogen) atoms. The second-order valence-electron chi connectivity index (χ2n) is 6.07. The van der Waals surface area contributed by atoms with Crippen LogP contribution in [0, 0.1) is 13.8 Å². The van der Waals surface area contributed by atoms with Gasteiger partial charge in [0.05, 0.1) is 5.69 Å². The summed E-state index contributed by atoms with van der Waals surface area (Å²) in [5, 5.41) is 0. The van der Waals surface area contributed by atoms with E-state index in [1.165, 1.54) is 5.56 Å². The SMILES string of the molecule is Cc1ccc(OCC(=O)O[C@@H](c2ccccc2)c2ccccn2)cc1C. The van der Waals surface area contributed by atoms with Crippen molar-refractivity contribution in [2.24, 2.45) is 0 Å². The minimum atomic E-state index is -0.562. The van der Waals surface area contributed by atoms with Crippen molar-refractivity contribution in [2.75, 3.05) is 6.61 Å². The number of nitrogens with zero attached hydrogens (tertiary/aromatic N) is 1. The average Bonchev–Trinajstić information content (AvgIpc) is 2.68. The molecular formula is C22H21NO3. The Morgan fingerprint density at radius 1 is 0.962 bits per heavy atom. The van der Waals surface area contributed by atoms with E-state index in [2.05, 4.69) is 4.98 Å². The quantitative estimate of drug-likeness (QED) is 0.620. The number of rotatable bonds is 6. The van der Waals surface area contributed by atoms with E-state index in [4.69, 9.17) is 9.47 Å². The molecule has 0 saturated carbocycles. The van der Waals surface area contributed by atoms with Crippen LogP contribution in [0.4, 0.5) is 0 Å². The first-order chi connectivity index (χ1) is 12.6. The second kappa shape index (κ2) is 8.30. The third-order valence-electron chi connectivity index (χ3n) is 4.14. The van der Waals surface area contributed by atoms with Crippen LogP contribution in [-0.2, 0) is 9.53 Å². The fourth-order valence-electron chi connectivity index (χ4n) is 2.57. The molecule has 4 nitrogen and oxygen atoms in total. The van der Waals surface area contributed by atoms with Crippen molar-refractivity contribution in [1.82, 2.24) is 4.98 Å². The van der Waals surface area contributed by atoms with Gasteiger partial charge in [-0.15, -0.1) is 0 Å². The van der Waals surface area contributed by atoms with Crippen LogP contribution in [0.15, 0.2) is 72.9 Å². The summed E-state index contributed by atoms with van der Waals surface area (Å²) in [4.78, 5) is 16.7. The van der Waals surface area contributed by atoms with E-state index in [1.54, 1.807) is 6.20 Å². The predicted molar refractivity (Wildman–Crippen MR) is 100 cm³/mol. The van der Waals surface area contributed by atoms with Gasteiger partial charge >= 0.3 is 5.97 Å². The van der Waals surface area contributed by atoms with E-state index in [0.717, 1.165) is 11.1 Å². The molecule has 2 aromatic carbocycles. The molecular weight excluding hydrogens is 326 g/mol. The number of ether oxygens (including phenoxy) is 2. The van der Waals surface area contributed by atoms with Gasteiger partial charge in [-0.3, -0.25) is 4.98 Å². The van der Waals surface area contributed by atoms with Crippen LogP contribution in [0.1, 0.15) is 28.5 Å². The van der Waals surface area contributed by atoms with Crippen molar-refractivity contribution in [2.45, 2.75) is 20.0 Å². The molecule has 0 fully saturated rings. The lowest BCUT2D eigenvalue weighted by Gasteiger charge is -2.18. The summed E-state index contributed by atoms with van der Waals surface area (Å²) >= 11 is 0. The molecule has 0 spiro atoms. The van der Waals surface area contributed by atoms with Gasteiger partial charge in [0.1, 0.15) is 5.75 Å². The summed E-state index contributed by atoms with van der Waals surface area (Å²) in [6, 6.07) is 20.8. The molecule has 4 heteroatoms. The average molecular weight is 347 g/mol. The highest BCUT2D eigenvalue weighted by atomic mass is 16.6. The molecule has 0 unspecified atom stereocenters. The zero-order valence-corrected chi connectivity index (χ0v) is 14.9. The lowest BCUT2D eigenvalue weighted by molar-refractivity contribution is -0.150. The van der Waals surface area contributed by atoms with Crippen LogP contribution in [0.5, 0.6) is 5.75 Å². The number of esters is 1. The standard InChI is InChI=1S/C22H21NO3/c1-16-11-12-19(14-17(16)2)25-15-21(24)26-22(18-8-4-3-5-9-18)20-10-6-7-13-23-20/h3-14,22H,15H2,1-2H3/t22-/m0/s1. The number of benzene rings is 2. The highest BCUT2D eigenvalue weighted by Crippen LogP contribution is 2.24. The van der Waals surface area contributed by atoms with Gasteiger partial charge in [0, 0.05) is 6.20 Å². The number of pyridine rings is 1. The van der Waals surface area contributed by atoms with Gasteiger partial charge in [-0.25, -0.2) is 4.79 Å². The van der Waals surface area contributed by atoms with Crippen LogP contribution < -0.4 is 4.74 Å². The van der Waals surface area contributed by atoms with Gasteiger partial charge in [0.15, 0.2) is 12.7 Å². The van der Waals surface area contributed by atoms with Crippen molar-refractivity contribution >= 4 is 5.97 Å². The topological polar surface area (TPSA) is 48.4 Å². The summed E-state index contributed by atoms with van der Waals surface area (Å²) < 4.78 is 11.3. The van der Waals surface area contributed by atoms with E-state index in [0.29, 0.717) is 11.4 Å². The van der Waals surface area contributed by atoms with E-state index < -0.39 is 12.1 Å². The summed E-state index contributed by atoms with van der Waals surface area (Å²) in [5.41, 5.74) is 3.84. The number of carbonyl (C=O) groups excluding carboxylic acids is 1. The van der Waals surface area contributed by atoms with Crippen molar-refractivity contribution in [3.05, 3.63) is 95.3 Å². The van der Waals surface area contributed by atoms with Crippen molar-refractivity contribution < 1.29 is 14.3 Å². The maximum absolute atomic E-state index is 12.4. The molecule has 0 radical (unpaired) electrons. The first kappa shape index (κ1) is 17.7. The number of hydrogen-bond acceptors (Lipinski definition) is 4. The number of hydrogen-bond donors (Lipinski definition) is 0. The third-order valence-corrected chi connectivity index (χ3v) is 4.14. The molecule has 0 bridgehead atoms. The van der Waals surface area contributed by atoms with E-state index in [9.17, 15) is 4.79 Å². The number of aryl methyl sites for hydroxylation is 2. The molecule has 0 aliphatic rings. The lowest BCUT2D eigenvalue weighted by Crippen LogP contribution is -2.19. The van der Waals surface area contributed by atoms with Gasteiger partial charge in [0.2, 0.25) is 0 Å². The molecule has 132 valence electrons. The Bertz CT molecular complexity index is 824. The van der Waals surface area contributed by atoms with Crippen molar-refractivity contribution in [3.8, 4) is 5.75 Å². The van der Waals surface area contributed by atoms with Gasteiger partial charge in [-0.05, 0) is 54.8 Å². The first-order valence-electron chi connectivity index (χ1n) is 8.49. The molecule has 1 atom stereocenters. The number of carbonyl (C=O) groups is 1. The van der Waals surface area contributed by atoms with Crippen LogP contribution in [0.25, 0.3) is 0 Å². The zero-order chi connectivity index (χ0) is 18.4. The Labute approximate surface area is 153 Å². The maximum Gasteiger partial charge on any atom is 0.345 e. The van der Waals surface area contributed by atoms with E-state index in [1.807, 2.05) is 80.6 Å². The maximum atomic E-state index is 12.4. The number of aromatic nitrogens is 1. The summed E-state index contributed by atoms with van der Waals surface area (Å²) in [5.74, 6) is 0.210. The minimum absolute atomic E-state index is 0.154. The summed E-state index contributed by atoms with van der Waals surface area (Å²) in [6.45, 7) is 3.89. The van der Waals surface area contributed by atoms with E-state index >= 15 is 0 Å². The monoisotopic (exact) mass is 347 g/mol. The fraction of sp³-hybridized carbons (Fsp3) is 0.182. The largest absolute Gasteiger partial charge is 0.482 e. The lowest BCUT2D eigenvalue weighted by atomic mass is 10.1.